The second-order valence-electron chi connectivity index (χ2n) is 5.86. The summed E-state index contributed by atoms with van der Waals surface area (Å²) in [4.78, 5) is 18.3. The highest BCUT2D eigenvalue weighted by atomic mass is 16.5. The Labute approximate surface area is 119 Å². The Kier molecular flexibility index (Phi) is 3.61. The van der Waals surface area contributed by atoms with Gasteiger partial charge in [0.05, 0.1) is 6.20 Å². The van der Waals surface area contributed by atoms with Crippen LogP contribution in [-0.4, -0.2) is 41.0 Å². The maximum absolute atomic E-state index is 12.4. The van der Waals surface area contributed by atoms with Gasteiger partial charge in [-0.2, -0.15) is 0 Å². The lowest BCUT2D eigenvalue weighted by molar-refractivity contribution is -0.137. The zero-order chi connectivity index (χ0) is 14.1. The number of nitrogens with zero attached hydrogens (tertiary/aromatic N) is 2. The predicted octanol–water partition coefficient (Wildman–Crippen LogP) is 1.04. The van der Waals surface area contributed by atoms with Gasteiger partial charge in [0.25, 0.3) is 5.91 Å². The van der Waals surface area contributed by atoms with Gasteiger partial charge < -0.3 is 15.4 Å². The topological polar surface area (TPSA) is 68.5 Å². The van der Waals surface area contributed by atoms with Crippen molar-refractivity contribution >= 4 is 5.91 Å². The second kappa shape index (κ2) is 5.40. The van der Waals surface area contributed by atoms with Gasteiger partial charge in [-0.05, 0) is 43.7 Å². The van der Waals surface area contributed by atoms with Crippen LogP contribution in [0.1, 0.15) is 19.8 Å². The third-order valence-corrected chi connectivity index (χ3v) is 4.52. The van der Waals surface area contributed by atoms with E-state index in [1.807, 2.05) is 11.0 Å². The van der Waals surface area contributed by atoms with Gasteiger partial charge in [-0.15, -0.1) is 0 Å². The Morgan fingerprint density at radius 3 is 3.05 bits per heavy atom. The molecule has 108 valence electrons. The van der Waals surface area contributed by atoms with Crippen molar-refractivity contribution in [3.05, 3.63) is 24.5 Å². The second-order valence-corrected chi connectivity index (χ2v) is 5.86. The third kappa shape index (κ3) is 2.50. The maximum atomic E-state index is 12.4. The van der Waals surface area contributed by atoms with Crippen LogP contribution in [-0.2, 0) is 4.79 Å². The molecule has 1 aromatic rings. The normalized spacial score (nSPS) is 30.1. The highest BCUT2D eigenvalue weighted by Gasteiger charge is 2.43. The average Bonchev–Trinajstić information content (AvgIpc) is 3.02. The minimum atomic E-state index is -0.478. The minimum Gasteiger partial charge on any atom is -0.479 e. The molecular weight excluding hydrogens is 254 g/mol. The highest BCUT2D eigenvalue weighted by molar-refractivity contribution is 5.81. The van der Waals surface area contributed by atoms with Crippen LogP contribution in [0.15, 0.2) is 24.5 Å². The molecule has 4 unspecified atom stereocenters. The van der Waals surface area contributed by atoms with E-state index >= 15 is 0 Å². The first-order valence-electron chi connectivity index (χ1n) is 7.26. The summed E-state index contributed by atoms with van der Waals surface area (Å²) in [6, 6.07) is 3.87. The molecule has 1 amide bonds. The number of rotatable bonds is 3. The predicted molar refractivity (Wildman–Crippen MR) is 75.1 cm³/mol. The first-order valence-corrected chi connectivity index (χ1v) is 7.26. The molecule has 1 aliphatic carbocycles. The SMILES string of the molecule is CC(Oc1cccnc1)C(=O)N1CC2CCC(N)C2C1. The van der Waals surface area contributed by atoms with E-state index in [4.69, 9.17) is 10.5 Å². The molecule has 20 heavy (non-hydrogen) atoms. The number of pyridine rings is 1. The van der Waals surface area contributed by atoms with Crippen molar-refractivity contribution in [3.8, 4) is 5.75 Å². The standard InChI is InChI=1S/C15H21N3O2/c1-10(20-12-3-2-6-17-7-12)15(19)18-8-11-4-5-14(16)13(11)9-18/h2-3,6-7,10-11,13-14H,4-5,8-9,16H2,1H3. The Balaban J connectivity index is 1.59. The quantitative estimate of drug-likeness (QED) is 0.895. The van der Waals surface area contributed by atoms with E-state index in [1.54, 1.807) is 25.4 Å². The third-order valence-electron chi connectivity index (χ3n) is 4.52. The van der Waals surface area contributed by atoms with E-state index in [2.05, 4.69) is 4.98 Å². The summed E-state index contributed by atoms with van der Waals surface area (Å²) in [6.07, 6.45) is 5.07. The average molecular weight is 275 g/mol. The van der Waals surface area contributed by atoms with Gasteiger partial charge in [0.2, 0.25) is 0 Å². The van der Waals surface area contributed by atoms with E-state index in [0.29, 0.717) is 17.6 Å². The molecule has 0 spiro atoms. The van der Waals surface area contributed by atoms with Gasteiger partial charge in [-0.1, -0.05) is 0 Å². The van der Waals surface area contributed by atoms with Crippen molar-refractivity contribution in [1.29, 1.82) is 0 Å². The highest BCUT2D eigenvalue weighted by Crippen LogP contribution is 2.37. The maximum Gasteiger partial charge on any atom is 0.263 e. The number of carbonyl (C=O) groups is 1. The van der Waals surface area contributed by atoms with Crippen molar-refractivity contribution < 1.29 is 9.53 Å². The van der Waals surface area contributed by atoms with Crippen LogP contribution >= 0.6 is 0 Å². The Morgan fingerprint density at radius 1 is 1.50 bits per heavy atom. The van der Waals surface area contributed by atoms with Gasteiger partial charge in [0.1, 0.15) is 5.75 Å². The van der Waals surface area contributed by atoms with Crippen LogP contribution in [0.25, 0.3) is 0 Å². The summed E-state index contributed by atoms with van der Waals surface area (Å²) in [6.45, 7) is 3.41. The molecule has 5 heteroatoms. The number of carbonyl (C=O) groups excluding carboxylic acids is 1. The number of nitrogens with two attached hydrogens (primary N) is 1. The Bertz CT molecular complexity index is 479. The number of hydrogen-bond acceptors (Lipinski definition) is 4. The molecule has 2 aliphatic rings. The Hall–Kier alpha value is -1.62. The lowest BCUT2D eigenvalue weighted by atomic mass is 9.98. The van der Waals surface area contributed by atoms with Crippen LogP contribution in [0, 0.1) is 11.8 Å². The van der Waals surface area contributed by atoms with Crippen LogP contribution in [0.4, 0.5) is 0 Å². The largest absolute Gasteiger partial charge is 0.479 e. The van der Waals surface area contributed by atoms with Crippen molar-refractivity contribution in [2.24, 2.45) is 17.6 Å². The van der Waals surface area contributed by atoms with Crippen molar-refractivity contribution in [1.82, 2.24) is 9.88 Å². The van der Waals surface area contributed by atoms with E-state index in [-0.39, 0.29) is 11.9 Å². The number of fused-ring (bicyclic) bond motifs is 1. The summed E-state index contributed by atoms with van der Waals surface area (Å²) in [7, 11) is 0. The fourth-order valence-electron chi connectivity index (χ4n) is 3.42. The summed E-state index contributed by atoms with van der Waals surface area (Å²) in [5.41, 5.74) is 6.10. The zero-order valence-corrected chi connectivity index (χ0v) is 11.7. The fourth-order valence-corrected chi connectivity index (χ4v) is 3.42. The molecule has 1 saturated heterocycles. The van der Waals surface area contributed by atoms with E-state index in [9.17, 15) is 4.79 Å². The molecule has 1 saturated carbocycles. The van der Waals surface area contributed by atoms with Crippen LogP contribution in [0.2, 0.25) is 0 Å². The molecule has 2 N–H and O–H groups in total. The molecule has 0 aromatic carbocycles. The number of likely N-dealkylation sites (tertiary alicyclic amines) is 1. The first kappa shape index (κ1) is 13.4. The van der Waals surface area contributed by atoms with E-state index in [0.717, 1.165) is 25.9 Å². The molecule has 1 aromatic heterocycles. The van der Waals surface area contributed by atoms with Gasteiger partial charge in [-0.3, -0.25) is 9.78 Å². The monoisotopic (exact) mass is 275 g/mol. The smallest absolute Gasteiger partial charge is 0.263 e. The molecule has 5 nitrogen and oxygen atoms in total. The summed E-state index contributed by atoms with van der Waals surface area (Å²) in [5.74, 6) is 1.74. The van der Waals surface area contributed by atoms with Crippen molar-refractivity contribution in [3.63, 3.8) is 0 Å². The molecule has 2 fully saturated rings. The van der Waals surface area contributed by atoms with Crippen LogP contribution in [0.5, 0.6) is 5.75 Å². The summed E-state index contributed by atoms with van der Waals surface area (Å²) < 4.78 is 5.65. The van der Waals surface area contributed by atoms with Crippen LogP contribution in [0.3, 0.4) is 0 Å². The van der Waals surface area contributed by atoms with Gasteiger partial charge in [0.15, 0.2) is 6.10 Å². The van der Waals surface area contributed by atoms with Crippen molar-refractivity contribution in [2.75, 3.05) is 13.1 Å². The van der Waals surface area contributed by atoms with Gasteiger partial charge >= 0.3 is 0 Å². The number of ether oxygens (including phenoxy) is 1. The van der Waals surface area contributed by atoms with Gasteiger partial charge in [-0.25, -0.2) is 0 Å². The molecule has 0 radical (unpaired) electrons. The minimum absolute atomic E-state index is 0.0513. The fraction of sp³-hybridized carbons (Fsp3) is 0.600. The molecule has 2 heterocycles. The summed E-state index contributed by atoms with van der Waals surface area (Å²) >= 11 is 0. The lowest BCUT2D eigenvalue weighted by Crippen LogP contribution is -2.40. The zero-order valence-electron chi connectivity index (χ0n) is 11.7. The number of amides is 1. The molecule has 0 bridgehead atoms. The lowest BCUT2D eigenvalue weighted by Gasteiger charge is -2.23. The van der Waals surface area contributed by atoms with Crippen LogP contribution < -0.4 is 10.5 Å². The number of aromatic nitrogens is 1. The molecular formula is C15H21N3O2. The summed E-state index contributed by atoms with van der Waals surface area (Å²) in [5, 5.41) is 0. The van der Waals surface area contributed by atoms with Crippen molar-refractivity contribution in [2.45, 2.75) is 31.9 Å². The van der Waals surface area contributed by atoms with E-state index in [1.165, 1.54) is 0 Å². The number of hydrogen-bond donors (Lipinski definition) is 1. The van der Waals surface area contributed by atoms with E-state index < -0.39 is 6.10 Å². The Morgan fingerprint density at radius 2 is 2.35 bits per heavy atom. The molecule has 1 aliphatic heterocycles. The molecule has 4 atom stereocenters. The first-order chi connectivity index (χ1) is 9.65. The molecule has 3 rings (SSSR count). The van der Waals surface area contributed by atoms with Gasteiger partial charge in [0, 0.05) is 25.3 Å².